The molecule has 10 heteroatoms. The summed E-state index contributed by atoms with van der Waals surface area (Å²) in [5.41, 5.74) is 1.91. The Morgan fingerprint density at radius 1 is 1.28 bits per heavy atom. The molecule has 1 fully saturated rings. The Balaban J connectivity index is 1.54. The third kappa shape index (κ3) is 3.96. The number of amides is 1. The molecule has 0 saturated carbocycles. The SMILES string of the molecule is COc1ccc(-n2nc(C3C[CH2][Sn][CH2]C3)cc2NC(=O)c2cnn3cccnc23)c(F)c1. The summed E-state index contributed by atoms with van der Waals surface area (Å²) < 4.78 is 25.7. The van der Waals surface area contributed by atoms with Crippen LogP contribution in [0.1, 0.15) is 34.8 Å². The van der Waals surface area contributed by atoms with E-state index in [4.69, 9.17) is 9.84 Å². The molecule has 4 aromatic rings. The molecular formula is C22H21FN6O2Sn. The molecule has 0 unspecified atom stereocenters. The van der Waals surface area contributed by atoms with E-state index in [1.807, 2.05) is 6.07 Å². The Hall–Kier alpha value is -2.95. The zero-order chi connectivity index (χ0) is 22.1. The van der Waals surface area contributed by atoms with Crippen LogP contribution in [0.4, 0.5) is 10.2 Å². The molecule has 0 atom stereocenters. The molecule has 0 spiro atoms. The monoisotopic (exact) mass is 540 g/mol. The second-order valence-electron chi connectivity index (χ2n) is 7.61. The molecule has 1 aromatic carbocycles. The average molecular weight is 539 g/mol. The van der Waals surface area contributed by atoms with Crippen molar-refractivity contribution in [1.82, 2.24) is 24.4 Å². The van der Waals surface area contributed by atoms with Crippen LogP contribution in [0.3, 0.4) is 0 Å². The minimum absolute atomic E-state index is 0.220. The standard InChI is InChI=1S/C22H21FN6O2.Sn/c1-4-14(5-2)18-12-20(29(27-18)19-8-7-15(31-3)11-17(19)23)26-22(30)16-13-25-28-10-6-9-24-21(16)28;/h6-14H,1-2,4-5H2,3H3,(H,26,30);. The van der Waals surface area contributed by atoms with Gasteiger partial charge in [0, 0.05) is 0 Å². The molecule has 3 aromatic heterocycles. The van der Waals surface area contributed by atoms with Gasteiger partial charge in [0.15, 0.2) is 0 Å². The molecule has 2 radical (unpaired) electrons. The molecule has 1 aliphatic rings. The molecule has 5 rings (SSSR count). The van der Waals surface area contributed by atoms with Crippen molar-refractivity contribution in [3.05, 3.63) is 66.0 Å². The number of halogens is 1. The maximum absolute atomic E-state index is 14.9. The van der Waals surface area contributed by atoms with Crippen LogP contribution in [0.2, 0.25) is 8.87 Å². The number of carbonyl (C=O) groups excluding carboxylic acids is 1. The average Bonchev–Trinajstić information content (AvgIpc) is 3.44. The minimum atomic E-state index is -0.482. The van der Waals surface area contributed by atoms with Gasteiger partial charge in [0.05, 0.1) is 0 Å². The fourth-order valence-corrected chi connectivity index (χ4v) is 7.81. The van der Waals surface area contributed by atoms with E-state index in [-0.39, 0.29) is 32.7 Å². The van der Waals surface area contributed by atoms with Crippen LogP contribution in [-0.2, 0) is 0 Å². The van der Waals surface area contributed by atoms with E-state index < -0.39 is 5.82 Å². The predicted molar refractivity (Wildman–Crippen MR) is 118 cm³/mol. The number of hydrogen-bond acceptors (Lipinski definition) is 5. The first-order chi connectivity index (χ1) is 15.6. The van der Waals surface area contributed by atoms with E-state index in [1.54, 1.807) is 30.6 Å². The number of nitrogens with zero attached hydrogens (tertiary/aromatic N) is 5. The van der Waals surface area contributed by atoms with Crippen molar-refractivity contribution in [1.29, 1.82) is 0 Å². The molecule has 4 heterocycles. The summed E-state index contributed by atoms with van der Waals surface area (Å²) in [6.07, 6.45) is 7.02. The predicted octanol–water partition coefficient (Wildman–Crippen LogP) is 3.73. The molecule has 1 aliphatic heterocycles. The number of anilines is 1. The fraction of sp³-hybridized carbons (Fsp3) is 0.273. The molecule has 162 valence electrons. The Kier molecular flexibility index (Phi) is 5.81. The van der Waals surface area contributed by atoms with Gasteiger partial charge in [-0.3, -0.25) is 0 Å². The normalized spacial score (nSPS) is 14.6. The van der Waals surface area contributed by atoms with Crippen molar-refractivity contribution < 1.29 is 13.9 Å². The summed E-state index contributed by atoms with van der Waals surface area (Å²) >= 11 is -0.220. The number of carbonyl (C=O) groups is 1. The van der Waals surface area contributed by atoms with Crippen molar-refractivity contribution in [2.75, 3.05) is 12.4 Å². The Morgan fingerprint density at radius 2 is 2.12 bits per heavy atom. The van der Waals surface area contributed by atoms with E-state index in [1.165, 1.54) is 37.4 Å². The van der Waals surface area contributed by atoms with Crippen molar-refractivity contribution in [2.24, 2.45) is 0 Å². The fourth-order valence-electron chi connectivity index (χ4n) is 3.95. The molecule has 1 amide bonds. The molecule has 8 nitrogen and oxygen atoms in total. The van der Waals surface area contributed by atoms with E-state index in [2.05, 4.69) is 15.4 Å². The second-order valence-corrected chi connectivity index (χ2v) is 11.9. The van der Waals surface area contributed by atoms with Crippen molar-refractivity contribution in [3.8, 4) is 11.4 Å². The molecule has 0 aliphatic carbocycles. The third-order valence-corrected chi connectivity index (χ3v) is 9.30. The van der Waals surface area contributed by atoms with E-state index in [0.717, 1.165) is 18.5 Å². The van der Waals surface area contributed by atoms with Crippen LogP contribution in [0.15, 0.2) is 48.9 Å². The summed E-state index contributed by atoms with van der Waals surface area (Å²) in [5, 5.41) is 11.8. The summed E-state index contributed by atoms with van der Waals surface area (Å²) in [4.78, 5) is 17.3. The number of methoxy groups -OCH3 is 1. The summed E-state index contributed by atoms with van der Waals surface area (Å²) in [6, 6.07) is 8.19. The van der Waals surface area contributed by atoms with E-state index in [9.17, 15) is 9.18 Å². The Bertz CT molecular complexity index is 1280. The van der Waals surface area contributed by atoms with Gasteiger partial charge < -0.3 is 0 Å². The number of rotatable bonds is 5. The summed E-state index contributed by atoms with van der Waals surface area (Å²) in [5.74, 6) is 0.305. The van der Waals surface area contributed by atoms with Gasteiger partial charge in [0.25, 0.3) is 0 Å². The van der Waals surface area contributed by atoms with Crippen LogP contribution in [-0.4, -0.2) is 58.5 Å². The summed E-state index contributed by atoms with van der Waals surface area (Å²) in [6.45, 7) is 0. The first-order valence-corrected chi connectivity index (χ1v) is 14.4. The van der Waals surface area contributed by atoms with E-state index in [0.29, 0.717) is 28.7 Å². The Labute approximate surface area is 194 Å². The molecular weight excluding hydrogens is 518 g/mol. The number of fused-ring (bicyclic) bond motifs is 1. The molecule has 0 bridgehead atoms. The van der Waals surface area contributed by atoms with Gasteiger partial charge in [0.2, 0.25) is 0 Å². The van der Waals surface area contributed by atoms with Gasteiger partial charge >= 0.3 is 188 Å². The van der Waals surface area contributed by atoms with Crippen LogP contribution < -0.4 is 10.1 Å². The van der Waals surface area contributed by atoms with E-state index >= 15 is 0 Å². The van der Waals surface area contributed by atoms with Gasteiger partial charge in [-0.2, -0.15) is 0 Å². The molecule has 1 N–H and O–H groups in total. The third-order valence-electron chi connectivity index (χ3n) is 5.63. The number of nitrogens with one attached hydrogen (secondary N) is 1. The first-order valence-electron chi connectivity index (χ1n) is 10.4. The number of hydrogen-bond donors (Lipinski definition) is 1. The number of benzene rings is 1. The van der Waals surface area contributed by atoms with Crippen LogP contribution in [0, 0.1) is 5.82 Å². The van der Waals surface area contributed by atoms with Gasteiger partial charge in [0.1, 0.15) is 0 Å². The molecule has 32 heavy (non-hydrogen) atoms. The second kappa shape index (κ2) is 8.89. The van der Waals surface area contributed by atoms with Gasteiger partial charge in [-0.05, 0) is 6.07 Å². The van der Waals surface area contributed by atoms with Crippen molar-refractivity contribution in [2.45, 2.75) is 27.6 Å². The van der Waals surface area contributed by atoms with Crippen LogP contribution in [0.5, 0.6) is 5.75 Å². The molecule has 1 saturated heterocycles. The van der Waals surface area contributed by atoms with Crippen LogP contribution >= 0.6 is 0 Å². The topological polar surface area (TPSA) is 86.3 Å². The number of aromatic nitrogens is 5. The quantitative estimate of drug-likeness (QED) is 0.391. The van der Waals surface area contributed by atoms with Crippen molar-refractivity contribution >= 4 is 38.5 Å². The zero-order valence-electron chi connectivity index (χ0n) is 17.5. The van der Waals surface area contributed by atoms with Crippen LogP contribution in [0.25, 0.3) is 11.3 Å². The van der Waals surface area contributed by atoms with Crippen molar-refractivity contribution in [3.63, 3.8) is 0 Å². The van der Waals surface area contributed by atoms with Gasteiger partial charge in [-0.25, -0.2) is 0 Å². The number of ether oxygens (including phenoxy) is 1. The zero-order valence-corrected chi connectivity index (χ0v) is 20.3. The Morgan fingerprint density at radius 3 is 2.91 bits per heavy atom. The van der Waals surface area contributed by atoms with Gasteiger partial charge in [-0.15, -0.1) is 0 Å². The van der Waals surface area contributed by atoms with Gasteiger partial charge in [-0.1, -0.05) is 0 Å². The summed E-state index contributed by atoms with van der Waals surface area (Å²) in [7, 11) is 1.49. The maximum atomic E-state index is 14.9. The first kappa shape index (κ1) is 20.9.